The van der Waals surface area contributed by atoms with Crippen molar-refractivity contribution in [2.24, 2.45) is 0 Å². The highest BCUT2D eigenvalue weighted by Crippen LogP contribution is 2.34. The lowest BCUT2D eigenvalue weighted by Gasteiger charge is -2.16. The van der Waals surface area contributed by atoms with Crippen molar-refractivity contribution in [3.8, 4) is 11.5 Å². The number of carbonyl (C=O) groups excluding carboxylic acids is 1. The standard InChI is InChI=1S/C20H23F3N2O3/c1-25(11-10-14-8-9-17(27-2)18(12-14)28-3)13-19(26)24-16-7-5-4-6-15(16)20(21,22)23/h4-9,12H,10-11,13H2,1-3H3,(H,24,26)/p+1. The van der Waals surface area contributed by atoms with Crippen LogP contribution in [-0.4, -0.2) is 40.3 Å². The fourth-order valence-electron chi connectivity index (χ4n) is 2.79. The summed E-state index contributed by atoms with van der Waals surface area (Å²) in [5.74, 6) is 0.787. The molecule has 2 rings (SSSR count). The molecule has 0 saturated carbocycles. The fraction of sp³-hybridized carbons (Fsp3) is 0.350. The van der Waals surface area contributed by atoms with Gasteiger partial charge >= 0.3 is 6.18 Å². The molecule has 0 fully saturated rings. The summed E-state index contributed by atoms with van der Waals surface area (Å²) < 4.78 is 49.5. The average Bonchev–Trinajstić information content (AvgIpc) is 2.65. The number of hydrogen-bond donors (Lipinski definition) is 2. The Balaban J connectivity index is 1.92. The molecule has 0 aliphatic rings. The van der Waals surface area contributed by atoms with Crippen LogP contribution in [-0.2, 0) is 17.4 Å². The van der Waals surface area contributed by atoms with Gasteiger partial charge in [-0.05, 0) is 29.8 Å². The van der Waals surface area contributed by atoms with Crippen LogP contribution in [0.25, 0.3) is 0 Å². The van der Waals surface area contributed by atoms with E-state index in [1.165, 1.54) is 18.2 Å². The Bertz CT molecular complexity index is 810. The van der Waals surface area contributed by atoms with Gasteiger partial charge in [0.1, 0.15) is 0 Å². The van der Waals surface area contributed by atoms with Crippen molar-refractivity contribution in [3.05, 3.63) is 53.6 Å². The van der Waals surface area contributed by atoms with E-state index in [4.69, 9.17) is 9.47 Å². The zero-order chi connectivity index (χ0) is 20.7. The van der Waals surface area contributed by atoms with Gasteiger partial charge in [-0.25, -0.2) is 0 Å². The topological polar surface area (TPSA) is 52.0 Å². The van der Waals surface area contributed by atoms with Gasteiger partial charge in [0.05, 0.1) is 39.1 Å². The molecule has 0 aliphatic heterocycles. The Hall–Kier alpha value is -2.74. The molecule has 1 atom stereocenters. The predicted octanol–water partition coefficient (Wildman–Crippen LogP) is 2.42. The first-order valence-electron chi connectivity index (χ1n) is 8.73. The summed E-state index contributed by atoms with van der Waals surface area (Å²) in [5, 5.41) is 2.36. The number of benzene rings is 2. The number of anilines is 1. The fourth-order valence-corrected chi connectivity index (χ4v) is 2.79. The summed E-state index contributed by atoms with van der Waals surface area (Å²) >= 11 is 0. The van der Waals surface area contributed by atoms with Crippen molar-refractivity contribution in [1.29, 1.82) is 0 Å². The maximum absolute atomic E-state index is 13.0. The summed E-state index contributed by atoms with van der Waals surface area (Å²) in [6.45, 7) is 0.684. The van der Waals surface area contributed by atoms with Crippen LogP contribution < -0.4 is 19.7 Å². The highest BCUT2D eigenvalue weighted by molar-refractivity contribution is 5.92. The second-order valence-electron chi connectivity index (χ2n) is 6.41. The van der Waals surface area contributed by atoms with Crippen LogP contribution in [0.1, 0.15) is 11.1 Å². The molecule has 0 saturated heterocycles. The number of para-hydroxylation sites is 1. The van der Waals surface area contributed by atoms with Crippen LogP contribution >= 0.6 is 0 Å². The molecular formula is C20H24F3N2O3+. The normalized spacial score (nSPS) is 12.4. The number of quaternary nitrogens is 1. The molecule has 0 bridgehead atoms. The van der Waals surface area contributed by atoms with Crippen LogP contribution in [0.3, 0.4) is 0 Å². The summed E-state index contributed by atoms with van der Waals surface area (Å²) in [5.41, 5.74) is -0.0705. The molecule has 0 radical (unpaired) electrons. The Morgan fingerprint density at radius 3 is 2.39 bits per heavy atom. The molecule has 2 aromatic rings. The van der Waals surface area contributed by atoms with Crippen molar-refractivity contribution in [1.82, 2.24) is 0 Å². The first-order valence-corrected chi connectivity index (χ1v) is 8.73. The van der Waals surface area contributed by atoms with Crippen LogP contribution in [0.15, 0.2) is 42.5 Å². The zero-order valence-electron chi connectivity index (χ0n) is 16.0. The third kappa shape index (κ3) is 5.88. The molecule has 2 N–H and O–H groups in total. The number of carbonyl (C=O) groups is 1. The van der Waals surface area contributed by atoms with Crippen LogP contribution in [0, 0.1) is 0 Å². The van der Waals surface area contributed by atoms with E-state index in [1.54, 1.807) is 14.2 Å². The molecule has 0 spiro atoms. The number of methoxy groups -OCH3 is 2. The zero-order valence-corrected chi connectivity index (χ0v) is 16.0. The maximum atomic E-state index is 13.0. The molecule has 28 heavy (non-hydrogen) atoms. The number of hydrogen-bond acceptors (Lipinski definition) is 3. The van der Waals surface area contributed by atoms with Gasteiger partial charge in [0.25, 0.3) is 5.91 Å². The number of nitrogens with one attached hydrogen (secondary N) is 2. The van der Waals surface area contributed by atoms with Crippen LogP contribution in [0.4, 0.5) is 18.9 Å². The maximum Gasteiger partial charge on any atom is 0.418 e. The number of amides is 1. The summed E-state index contributed by atoms with van der Waals surface area (Å²) in [7, 11) is 4.93. The quantitative estimate of drug-likeness (QED) is 0.720. The van der Waals surface area contributed by atoms with E-state index in [0.717, 1.165) is 16.5 Å². The minimum absolute atomic E-state index is 0.0550. The van der Waals surface area contributed by atoms with Gasteiger partial charge in [-0.15, -0.1) is 0 Å². The molecule has 152 valence electrons. The second-order valence-corrected chi connectivity index (χ2v) is 6.41. The third-order valence-electron chi connectivity index (χ3n) is 4.26. The Labute approximate surface area is 162 Å². The molecule has 1 amide bonds. The van der Waals surface area contributed by atoms with E-state index in [1.807, 2.05) is 25.2 Å². The number of rotatable bonds is 8. The van der Waals surface area contributed by atoms with Gasteiger partial charge in [-0.1, -0.05) is 18.2 Å². The van der Waals surface area contributed by atoms with Gasteiger partial charge in [0.2, 0.25) is 0 Å². The van der Waals surface area contributed by atoms with E-state index >= 15 is 0 Å². The minimum atomic E-state index is -4.52. The van der Waals surface area contributed by atoms with E-state index in [2.05, 4.69) is 5.32 Å². The van der Waals surface area contributed by atoms with E-state index < -0.39 is 17.6 Å². The average molecular weight is 397 g/mol. The van der Waals surface area contributed by atoms with Gasteiger partial charge < -0.3 is 19.7 Å². The van der Waals surface area contributed by atoms with Crippen molar-refractivity contribution in [2.45, 2.75) is 12.6 Å². The number of ether oxygens (including phenoxy) is 2. The first kappa shape index (κ1) is 21.6. The highest BCUT2D eigenvalue weighted by Gasteiger charge is 2.33. The molecule has 8 heteroatoms. The third-order valence-corrected chi connectivity index (χ3v) is 4.26. The lowest BCUT2D eigenvalue weighted by atomic mass is 10.1. The Morgan fingerprint density at radius 1 is 1.07 bits per heavy atom. The van der Waals surface area contributed by atoms with Crippen molar-refractivity contribution in [3.63, 3.8) is 0 Å². The lowest BCUT2D eigenvalue weighted by Crippen LogP contribution is -3.10. The number of likely N-dealkylation sites (N-methyl/N-ethyl adjacent to an activating group) is 1. The first-order chi connectivity index (χ1) is 13.2. The monoisotopic (exact) mass is 397 g/mol. The molecule has 0 aliphatic carbocycles. The molecule has 0 heterocycles. The van der Waals surface area contributed by atoms with Crippen LogP contribution in [0.2, 0.25) is 0 Å². The van der Waals surface area contributed by atoms with Gasteiger partial charge in [-0.3, -0.25) is 4.79 Å². The number of alkyl halides is 3. The largest absolute Gasteiger partial charge is 0.493 e. The van der Waals surface area contributed by atoms with Gasteiger partial charge in [0.15, 0.2) is 18.0 Å². The summed E-state index contributed by atoms with van der Waals surface area (Å²) in [4.78, 5) is 13.0. The number of halogens is 3. The van der Waals surface area contributed by atoms with Gasteiger partial charge in [-0.2, -0.15) is 13.2 Å². The van der Waals surface area contributed by atoms with Crippen molar-refractivity contribution in [2.75, 3.05) is 39.7 Å². The van der Waals surface area contributed by atoms with E-state index in [-0.39, 0.29) is 12.2 Å². The smallest absolute Gasteiger partial charge is 0.418 e. The SMILES string of the molecule is COc1ccc(CC[NH+](C)CC(=O)Nc2ccccc2C(F)(F)F)cc1OC. The van der Waals surface area contributed by atoms with E-state index in [9.17, 15) is 18.0 Å². The molecule has 5 nitrogen and oxygen atoms in total. The van der Waals surface area contributed by atoms with Gasteiger partial charge in [0, 0.05) is 6.42 Å². The van der Waals surface area contributed by atoms with Crippen LogP contribution in [0.5, 0.6) is 11.5 Å². The molecular weight excluding hydrogens is 373 g/mol. The summed E-state index contributed by atoms with van der Waals surface area (Å²) in [6.07, 6.45) is -3.84. The van der Waals surface area contributed by atoms with Crippen molar-refractivity contribution < 1.29 is 32.3 Å². The Kier molecular flexibility index (Phi) is 7.28. The van der Waals surface area contributed by atoms with E-state index in [0.29, 0.717) is 24.5 Å². The van der Waals surface area contributed by atoms with Crippen molar-refractivity contribution >= 4 is 11.6 Å². The Morgan fingerprint density at radius 2 is 1.75 bits per heavy atom. The molecule has 1 unspecified atom stereocenters. The predicted molar refractivity (Wildman–Crippen MR) is 99.9 cm³/mol. The summed E-state index contributed by atoms with van der Waals surface area (Å²) in [6, 6.07) is 10.5. The minimum Gasteiger partial charge on any atom is -0.493 e. The second kappa shape index (κ2) is 9.45. The lowest BCUT2D eigenvalue weighted by molar-refractivity contribution is -0.870. The highest BCUT2D eigenvalue weighted by atomic mass is 19.4. The molecule has 0 aromatic heterocycles. The molecule has 2 aromatic carbocycles.